The van der Waals surface area contributed by atoms with E-state index in [1.807, 2.05) is 19.1 Å². The van der Waals surface area contributed by atoms with Crippen LogP contribution < -0.4 is 5.32 Å². The van der Waals surface area contributed by atoms with E-state index in [9.17, 15) is 0 Å². The normalized spacial score (nSPS) is 9.82. The number of hydrogen-bond acceptors (Lipinski definition) is 1. The van der Waals surface area contributed by atoms with Gasteiger partial charge in [0.15, 0.2) is 0 Å². The molecule has 0 amide bonds. The van der Waals surface area contributed by atoms with E-state index in [0.717, 1.165) is 11.3 Å². The molecule has 1 rings (SSSR count). The first-order valence-electron chi connectivity index (χ1n) is 3.29. The molecule has 11 heavy (non-hydrogen) atoms. The van der Waals surface area contributed by atoms with Gasteiger partial charge in [-0.1, -0.05) is 29.3 Å². The van der Waals surface area contributed by atoms with Gasteiger partial charge in [0.2, 0.25) is 0 Å². The summed E-state index contributed by atoms with van der Waals surface area (Å²) in [7, 11) is 1.80. The maximum atomic E-state index is 5.95. The third-order valence-corrected chi connectivity index (χ3v) is 2.34. The van der Waals surface area contributed by atoms with Crippen molar-refractivity contribution < 1.29 is 0 Å². The zero-order valence-corrected chi connectivity index (χ0v) is 7.92. The molecule has 3 heteroatoms. The number of halogens is 2. The largest absolute Gasteiger partial charge is 0.386 e. The summed E-state index contributed by atoms with van der Waals surface area (Å²) >= 11 is 11.8. The van der Waals surface area contributed by atoms with Crippen molar-refractivity contribution in [1.29, 1.82) is 0 Å². The van der Waals surface area contributed by atoms with Crippen LogP contribution in [0.4, 0.5) is 5.69 Å². The first-order valence-corrected chi connectivity index (χ1v) is 4.04. The van der Waals surface area contributed by atoms with Gasteiger partial charge < -0.3 is 5.32 Å². The molecule has 60 valence electrons. The van der Waals surface area contributed by atoms with Crippen LogP contribution in [0.25, 0.3) is 0 Å². The SMILES string of the molecule is CNc1c(Cl)ccc(C)c1Cl. The Kier molecular flexibility index (Phi) is 2.63. The molecule has 0 aromatic heterocycles. The Morgan fingerprint density at radius 3 is 2.36 bits per heavy atom. The minimum atomic E-state index is 0.656. The minimum absolute atomic E-state index is 0.656. The fourth-order valence-corrected chi connectivity index (χ4v) is 1.45. The van der Waals surface area contributed by atoms with E-state index >= 15 is 0 Å². The van der Waals surface area contributed by atoms with Gasteiger partial charge in [0, 0.05) is 7.05 Å². The molecule has 0 aliphatic heterocycles. The number of aryl methyl sites for hydroxylation is 1. The molecule has 0 spiro atoms. The first-order chi connectivity index (χ1) is 5.16. The second-order valence-corrected chi connectivity index (χ2v) is 3.09. The highest BCUT2D eigenvalue weighted by atomic mass is 35.5. The summed E-state index contributed by atoms with van der Waals surface area (Å²) in [6.45, 7) is 1.94. The van der Waals surface area contributed by atoms with Crippen molar-refractivity contribution in [1.82, 2.24) is 0 Å². The topological polar surface area (TPSA) is 12.0 Å². The maximum Gasteiger partial charge on any atom is 0.0719 e. The van der Waals surface area contributed by atoms with Crippen LogP contribution in [0, 0.1) is 6.92 Å². The van der Waals surface area contributed by atoms with Crippen molar-refractivity contribution >= 4 is 28.9 Å². The van der Waals surface area contributed by atoms with Crippen molar-refractivity contribution in [2.24, 2.45) is 0 Å². The summed E-state index contributed by atoms with van der Waals surface area (Å²) in [5, 5.41) is 4.29. The molecule has 1 N–H and O–H groups in total. The van der Waals surface area contributed by atoms with Crippen molar-refractivity contribution in [2.45, 2.75) is 6.92 Å². The molecule has 0 saturated carbocycles. The Morgan fingerprint density at radius 1 is 1.27 bits per heavy atom. The lowest BCUT2D eigenvalue weighted by atomic mass is 10.2. The predicted molar refractivity (Wildman–Crippen MR) is 50.7 cm³/mol. The van der Waals surface area contributed by atoms with E-state index in [-0.39, 0.29) is 0 Å². The second kappa shape index (κ2) is 3.33. The molecule has 1 aromatic carbocycles. The number of nitrogens with one attached hydrogen (secondary N) is 1. The van der Waals surface area contributed by atoms with Crippen LogP contribution in [0.15, 0.2) is 12.1 Å². The molecular weight excluding hydrogens is 181 g/mol. The Labute approximate surface area is 76.3 Å². The molecule has 0 unspecified atom stereocenters. The first kappa shape index (κ1) is 8.69. The lowest BCUT2D eigenvalue weighted by molar-refractivity contribution is 1.43. The maximum absolute atomic E-state index is 5.95. The monoisotopic (exact) mass is 189 g/mol. The molecule has 0 atom stereocenters. The van der Waals surface area contributed by atoms with Gasteiger partial charge in [0.05, 0.1) is 15.7 Å². The molecule has 0 aliphatic carbocycles. The summed E-state index contributed by atoms with van der Waals surface area (Å²) in [6.07, 6.45) is 0. The van der Waals surface area contributed by atoms with Gasteiger partial charge in [-0.15, -0.1) is 0 Å². The van der Waals surface area contributed by atoms with E-state index in [4.69, 9.17) is 23.2 Å². The number of hydrogen-bond donors (Lipinski definition) is 1. The van der Waals surface area contributed by atoms with Crippen LogP contribution in [0.3, 0.4) is 0 Å². The third-order valence-electron chi connectivity index (χ3n) is 1.53. The Bertz CT molecular complexity index is 271. The predicted octanol–water partition coefficient (Wildman–Crippen LogP) is 3.34. The molecule has 0 heterocycles. The Balaban J connectivity index is 3.29. The molecular formula is C8H9Cl2N. The average molecular weight is 190 g/mol. The van der Waals surface area contributed by atoms with Crippen LogP contribution in [0.1, 0.15) is 5.56 Å². The zero-order chi connectivity index (χ0) is 8.43. The molecule has 1 nitrogen and oxygen atoms in total. The smallest absolute Gasteiger partial charge is 0.0719 e. The van der Waals surface area contributed by atoms with Crippen LogP contribution in [-0.2, 0) is 0 Å². The Morgan fingerprint density at radius 2 is 1.91 bits per heavy atom. The number of rotatable bonds is 1. The fourth-order valence-electron chi connectivity index (χ4n) is 0.886. The van der Waals surface area contributed by atoms with Crippen LogP contribution in [0.5, 0.6) is 0 Å². The van der Waals surface area contributed by atoms with Crippen molar-refractivity contribution in [3.63, 3.8) is 0 Å². The van der Waals surface area contributed by atoms with E-state index in [1.165, 1.54) is 0 Å². The highest BCUT2D eigenvalue weighted by molar-refractivity contribution is 6.39. The summed E-state index contributed by atoms with van der Waals surface area (Å²) in [4.78, 5) is 0. The highest BCUT2D eigenvalue weighted by Gasteiger charge is 2.04. The quantitative estimate of drug-likeness (QED) is 0.715. The van der Waals surface area contributed by atoms with Gasteiger partial charge >= 0.3 is 0 Å². The van der Waals surface area contributed by atoms with Gasteiger partial charge in [0.25, 0.3) is 0 Å². The Hall–Kier alpha value is -0.400. The van der Waals surface area contributed by atoms with Crippen LogP contribution in [0.2, 0.25) is 10.0 Å². The van der Waals surface area contributed by atoms with Crippen molar-refractivity contribution in [2.75, 3.05) is 12.4 Å². The lowest BCUT2D eigenvalue weighted by Gasteiger charge is -2.07. The summed E-state index contributed by atoms with van der Waals surface area (Å²) in [6, 6.07) is 3.72. The van der Waals surface area contributed by atoms with Gasteiger partial charge in [-0.2, -0.15) is 0 Å². The summed E-state index contributed by atoms with van der Waals surface area (Å²) < 4.78 is 0. The fraction of sp³-hybridized carbons (Fsp3) is 0.250. The second-order valence-electron chi connectivity index (χ2n) is 2.30. The lowest BCUT2D eigenvalue weighted by Crippen LogP contribution is -1.91. The zero-order valence-electron chi connectivity index (χ0n) is 6.41. The van der Waals surface area contributed by atoms with E-state index in [2.05, 4.69) is 5.32 Å². The molecule has 0 saturated heterocycles. The van der Waals surface area contributed by atoms with Crippen LogP contribution >= 0.6 is 23.2 Å². The average Bonchev–Trinajstić information content (AvgIpc) is 1.99. The molecule has 1 aromatic rings. The molecule has 0 fully saturated rings. The van der Waals surface area contributed by atoms with Gasteiger partial charge in [-0.3, -0.25) is 0 Å². The van der Waals surface area contributed by atoms with E-state index < -0.39 is 0 Å². The highest BCUT2D eigenvalue weighted by Crippen LogP contribution is 2.32. The van der Waals surface area contributed by atoms with E-state index in [0.29, 0.717) is 10.0 Å². The molecule has 0 aliphatic rings. The third kappa shape index (κ3) is 1.60. The summed E-state index contributed by atoms with van der Waals surface area (Å²) in [5.74, 6) is 0. The van der Waals surface area contributed by atoms with E-state index in [1.54, 1.807) is 7.05 Å². The van der Waals surface area contributed by atoms with Crippen LogP contribution in [-0.4, -0.2) is 7.05 Å². The minimum Gasteiger partial charge on any atom is -0.386 e. The van der Waals surface area contributed by atoms with Gasteiger partial charge in [-0.05, 0) is 18.6 Å². The number of benzene rings is 1. The van der Waals surface area contributed by atoms with Crippen molar-refractivity contribution in [3.05, 3.63) is 27.7 Å². The standard InChI is InChI=1S/C8H9Cl2N/c1-5-3-4-6(9)8(11-2)7(5)10/h3-4,11H,1-2H3. The van der Waals surface area contributed by atoms with Gasteiger partial charge in [-0.25, -0.2) is 0 Å². The summed E-state index contributed by atoms with van der Waals surface area (Å²) in [5.41, 5.74) is 1.83. The number of anilines is 1. The van der Waals surface area contributed by atoms with Gasteiger partial charge in [0.1, 0.15) is 0 Å². The van der Waals surface area contributed by atoms with Crippen molar-refractivity contribution in [3.8, 4) is 0 Å². The molecule has 0 radical (unpaired) electrons. The molecule has 0 bridgehead atoms.